The number of aliphatic hydroxyl groups excluding tert-OH is 1. The minimum atomic E-state index is -4.37. The van der Waals surface area contributed by atoms with E-state index in [1.165, 1.54) is 11.1 Å². The third-order valence-corrected chi connectivity index (χ3v) is 14.4. The predicted octanol–water partition coefficient (Wildman–Crippen LogP) is 3.76. The molecule has 7 heterocycles. The Morgan fingerprint density at radius 1 is 1.00 bits per heavy atom. The number of anilines is 2. The zero-order valence-electron chi connectivity index (χ0n) is 34.7. The van der Waals surface area contributed by atoms with Crippen molar-refractivity contribution in [2.24, 2.45) is 5.41 Å². The Labute approximate surface area is 370 Å². The Hall–Kier alpha value is -6.35. The number of hydrogen-bond donors (Lipinski definition) is 4. The monoisotopic (exact) mass is 912 g/mol. The van der Waals surface area contributed by atoms with Gasteiger partial charge in [-0.25, -0.2) is 18.2 Å². The van der Waals surface area contributed by atoms with Crippen molar-refractivity contribution in [1.29, 1.82) is 0 Å². The number of piperidine rings is 1. The Morgan fingerprint density at radius 3 is 2.52 bits per heavy atom. The van der Waals surface area contributed by atoms with Gasteiger partial charge < -0.3 is 24.6 Å². The number of hydrogen-bond acceptors (Lipinski definition) is 11. The van der Waals surface area contributed by atoms with E-state index >= 15 is 8.78 Å². The molecule has 16 nitrogen and oxygen atoms in total. The number of carbonyl (C=O) groups is 4. The first-order valence-corrected chi connectivity index (χ1v) is 22.7. The number of alkyl halides is 1. The molecule has 0 radical (unpaired) electrons. The Kier molecular flexibility index (Phi) is 10.7. The van der Waals surface area contributed by atoms with Gasteiger partial charge in [0.1, 0.15) is 42.1 Å². The van der Waals surface area contributed by atoms with Crippen LogP contribution in [-0.2, 0) is 26.3 Å². The molecule has 20 heteroatoms. The number of aromatic amines is 1. The van der Waals surface area contributed by atoms with Crippen LogP contribution in [0.25, 0.3) is 22.2 Å². The highest BCUT2D eigenvalue weighted by molar-refractivity contribution is 7.90. The lowest BCUT2D eigenvalue weighted by molar-refractivity contribution is -0.136. The van der Waals surface area contributed by atoms with Crippen LogP contribution in [0, 0.1) is 17.0 Å². The molecule has 65 heavy (non-hydrogen) atoms. The molecule has 0 bridgehead atoms. The molecule has 5 aliphatic rings. The second-order valence-corrected chi connectivity index (χ2v) is 19.2. The first-order valence-electron chi connectivity index (χ1n) is 21.2. The summed E-state index contributed by atoms with van der Waals surface area (Å²) in [5.74, 6) is -4.16. The number of amides is 3. The van der Waals surface area contributed by atoms with Crippen molar-refractivity contribution in [1.82, 2.24) is 29.4 Å². The van der Waals surface area contributed by atoms with Gasteiger partial charge in [0.2, 0.25) is 17.6 Å². The molecule has 1 spiro atoms. The highest BCUT2D eigenvalue weighted by atomic mass is 32.2. The van der Waals surface area contributed by atoms with Crippen molar-refractivity contribution >= 4 is 56.1 Å². The standard InChI is InChI=1S/C45H43F3N8O8S/c46-28-11-12-55(18-28)65(62,63)52-36-8-7-35(47)39(40(36)48)41(59)34-16-50-42-33(34)14-26(15-49-42)25-1-3-29(4-2-25)54-23-45(24-54)21-53(22-45)19-30(57)20-64-31-5-6-32-27(13-31)17-56(44(32)61)37-9-10-38(58)51-43(37)60/h1-8,13-16,28,30,37,52,57H,9-12,17-24H2,(H,49,50)(H,51,58,60)/t28-,30+,37+/m1/s1. The fourth-order valence-corrected chi connectivity index (χ4v) is 10.9. The van der Waals surface area contributed by atoms with E-state index in [1.54, 1.807) is 30.5 Å². The van der Waals surface area contributed by atoms with Gasteiger partial charge in [-0.1, -0.05) is 12.1 Å². The maximum absolute atomic E-state index is 15.7. The number of nitrogens with zero attached hydrogens (tertiary/aromatic N) is 5. The van der Waals surface area contributed by atoms with E-state index in [-0.39, 0.29) is 61.8 Å². The minimum Gasteiger partial charge on any atom is -0.491 e. The van der Waals surface area contributed by atoms with Gasteiger partial charge in [0.05, 0.1) is 11.3 Å². The summed E-state index contributed by atoms with van der Waals surface area (Å²) in [6, 6.07) is 15.6. The summed E-state index contributed by atoms with van der Waals surface area (Å²) in [7, 11) is -4.37. The van der Waals surface area contributed by atoms with Gasteiger partial charge in [-0.2, -0.15) is 12.7 Å². The summed E-state index contributed by atoms with van der Waals surface area (Å²) >= 11 is 0. The number of fused-ring (bicyclic) bond motifs is 2. The van der Waals surface area contributed by atoms with Crippen LogP contribution in [0.2, 0.25) is 0 Å². The van der Waals surface area contributed by atoms with Crippen molar-refractivity contribution in [3.8, 4) is 16.9 Å². The first-order chi connectivity index (χ1) is 31.1. The van der Waals surface area contributed by atoms with Crippen molar-refractivity contribution < 1.29 is 50.6 Å². The highest BCUT2D eigenvalue weighted by Crippen LogP contribution is 2.42. The van der Waals surface area contributed by atoms with Crippen LogP contribution in [0.4, 0.5) is 24.5 Å². The van der Waals surface area contributed by atoms with E-state index in [4.69, 9.17) is 4.74 Å². The highest BCUT2D eigenvalue weighted by Gasteiger charge is 2.52. The molecule has 5 aliphatic heterocycles. The first kappa shape index (κ1) is 42.6. The topological polar surface area (TPSA) is 198 Å². The molecule has 3 amide bonds. The lowest BCUT2D eigenvalue weighted by atomic mass is 9.72. The second kappa shape index (κ2) is 16.3. The number of nitrogens with one attached hydrogen (secondary N) is 3. The fourth-order valence-electron chi connectivity index (χ4n) is 9.66. The number of likely N-dealkylation sites (tertiary alicyclic amines) is 1. The number of H-pyrrole nitrogens is 1. The maximum Gasteiger partial charge on any atom is 0.301 e. The number of halogens is 3. The van der Waals surface area contributed by atoms with Crippen LogP contribution in [0.15, 0.2) is 73.1 Å². The number of ether oxygens (including phenoxy) is 1. The molecular formula is C45H43F3N8O8S. The summed E-state index contributed by atoms with van der Waals surface area (Å²) in [6.45, 7) is 3.57. The summed E-state index contributed by atoms with van der Waals surface area (Å²) in [4.78, 5) is 63.9. The molecule has 4 N–H and O–H groups in total. The lowest BCUT2D eigenvalue weighted by Crippen LogP contribution is -2.72. The number of benzene rings is 3. The largest absolute Gasteiger partial charge is 0.491 e. The smallest absolute Gasteiger partial charge is 0.301 e. The second-order valence-electron chi connectivity index (χ2n) is 17.5. The van der Waals surface area contributed by atoms with E-state index in [1.807, 2.05) is 29.0 Å². The zero-order chi connectivity index (χ0) is 45.4. The summed E-state index contributed by atoms with van der Waals surface area (Å²) in [5, 5.41) is 13.4. The van der Waals surface area contributed by atoms with Gasteiger partial charge in [-0.3, -0.25) is 34.1 Å². The fraction of sp³-hybridized carbons (Fsp3) is 0.356. The van der Waals surface area contributed by atoms with Crippen LogP contribution in [-0.4, -0.2) is 132 Å². The molecule has 2 aromatic heterocycles. The quantitative estimate of drug-likeness (QED) is 0.0992. The van der Waals surface area contributed by atoms with Crippen molar-refractivity contribution in [2.45, 2.75) is 44.1 Å². The molecule has 0 unspecified atom stereocenters. The molecular weight excluding hydrogens is 870 g/mol. The molecule has 338 valence electrons. The van der Waals surface area contributed by atoms with Crippen molar-refractivity contribution in [2.75, 3.05) is 62.0 Å². The third-order valence-electron chi connectivity index (χ3n) is 12.9. The Bertz CT molecular complexity index is 2880. The SMILES string of the molecule is O=C1CC[C@H](N2Cc3cc(OC[C@@H](O)CN4CC5(C4)CN(c4ccc(-c6cnc7[nH]cc(C(=O)c8c(F)ccc(NS(=O)(=O)N9CC[C@@H](F)C9)c8F)c7c6)cc4)C5)ccc3C2=O)C(=O)N1. The number of ketones is 1. The van der Waals surface area contributed by atoms with Crippen LogP contribution in [0.5, 0.6) is 5.75 Å². The molecule has 0 aliphatic carbocycles. The normalized spacial score (nSPS) is 21.3. The van der Waals surface area contributed by atoms with Crippen LogP contribution < -0.4 is 19.7 Å². The van der Waals surface area contributed by atoms with Gasteiger partial charge in [0, 0.05) is 104 Å². The number of imide groups is 1. The minimum absolute atomic E-state index is 0.00528. The molecule has 4 fully saturated rings. The van der Waals surface area contributed by atoms with Crippen LogP contribution >= 0.6 is 0 Å². The number of aliphatic hydroxyl groups is 1. The summed E-state index contributed by atoms with van der Waals surface area (Å²) in [6.07, 6.45) is 1.27. The summed E-state index contributed by atoms with van der Waals surface area (Å²) < 4.78 is 78.9. The lowest BCUT2D eigenvalue weighted by Gasteiger charge is -2.61. The third kappa shape index (κ3) is 7.97. The molecule has 5 aromatic rings. The van der Waals surface area contributed by atoms with Gasteiger partial charge in [0.25, 0.3) is 5.91 Å². The average molecular weight is 913 g/mol. The maximum atomic E-state index is 15.7. The number of aromatic nitrogens is 2. The van der Waals surface area contributed by atoms with Crippen molar-refractivity contribution in [3.63, 3.8) is 0 Å². The van der Waals surface area contributed by atoms with Crippen LogP contribution in [0.3, 0.4) is 0 Å². The number of β-amino-alcohol motifs (C(OH)–C–C–N with tert-alkyl or cyclic N) is 1. The van der Waals surface area contributed by atoms with Crippen molar-refractivity contribution in [3.05, 3.63) is 107 Å². The van der Waals surface area contributed by atoms with Crippen LogP contribution in [0.1, 0.15) is 51.1 Å². The molecule has 4 saturated heterocycles. The molecule has 0 saturated carbocycles. The molecule has 3 atom stereocenters. The van der Waals surface area contributed by atoms with E-state index in [0.29, 0.717) is 34.5 Å². The molecule has 3 aromatic carbocycles. The van der Waals surface area contributed by atoms with Gasteiger partial charge in [-0.15, -0.1) is 0 Å². The van der Waals surface area contributed by atoms with E-state index < -0.39 is 69.6 Å². The Morgan fingerprint density at radius 2 is 1.78 bits per heavy atom. The molecule has 10 rings (SSSR count). The van der Waals surface area contributed by atoms with E-state index in [2.05, 4.69) is 25.1 Å². The van der Waals surface area contributed by atoms with Gasteiger partial charge in [0.15, 0.2) is 5.82 Å². The number of carbonyl (C=O) groups excluding carboxylic acids is 4. The number of pyridine rings is 1. The predicted molar refractivity (Wildman–Crippen MR) is 230 cm³/mol. The number of rotatable bonds is 13. The van der Waals surface area contributed by atoms with E-state index in [9.17, 15) is 37.1 Å². The summed E-state index contributed by atoms with van der Waals surface area (Å²) in [5.41, 5.74) is 2.43. The van der Waals surface area contributed by atoms with Gasteiger partial charge >= 0.3 is 10.2 Å². The zero-order valence-corrected chi connectivity index (χ0v) is 35.5. The van der Waals surface area contributed by atoms with E-state index in [0.717, 1.165) is 59.4 Å². The van der Waals surface area contributed by atoms with Gasteiger partial charge in [-0.05, 0) is 72.5 Å². The average Bonchev–Trinajstić information content (AvgIpc) is 3.98. The Balaban J connectivity index is 0.720.